The molecule has 5 nitrogen and oxygen atoms in total. The number of nitro groups is 1. The Morgan fingerprint density at radius 3 is 2.65 bits per heavy atom. The van der Waals surface area contributed by atoms with Gasteiger partial charge in [-0.2, -0.15) is 0 Å². The summed E-state index contributed by atoms with van der Waals surface area (Å²) in [6.45, 7) is 0. The lowest BCUT2D eigenvalue weighted by molar-refractivity contribution is -0.385. The normalized spacial score (nSPS) is 10.1. The number of halogens is 2. The molecule has 0 amide bonds. The molecule has 7 heteroatoms. The second kappa shape index (κ2) is 5.84. The van der Waals surface area contributed by atoms with E-state index < -0.39 is 10.9 Å². The van der Waals surface area contributed by atoms with Crippen molar-refractivity contribution in [1.82, 2.24) is 0 Å². The molecule has 1 rings (SSSR count). The van der Waals surface area contributed by atoms with Crippen LogP contribution in [0, 0.1) is 10.1 Å². The molecule has 92 valence electrons. The van der Waals surface area contributed by atoms with Crippen LogP contribution in [0.2, 0.25) is 5.02 Å². The molecule has 0 radical (unpaired) electrons. The second-order valence-electron chi connectivity index (χ2n) is 3.21. The van der Waals surface area contributed by atoms with Crippen LogP contribution in [0.4, 0.5) is 5.69 Å². The third-order valence-corrected chi connectivity index (χ3v) is 2.66. The van der Waals surface area contributed by atoms with Crippen LogP contribution >= 0.6 is 23.2 Å². The number of esters is 1. The Labute approximate surface area is 107 Å². The van der Waals surface area contributed by atoms with Gasteiger partial charge >= 0.3 is 5.97 Å². The van der Waals surface area contributed by atoms with Gasteiger partial charge in [0.25, 0.3) is 5.69 Å². The fraction of sp³-hybridized carbons (Fsp3) is 0.300. The summed E-state index contributed by atoms with van der Waals surface area (Å²) in [5.41, 5.74) is 0.504. The molecule has 0 fully saturated rings. The standard InChI is InChI=1S/C10H9Cl2NO4/c1-17-10(14)3-6-2-7(12)4-9(13(15)16)8(6)5-11/h2,4H,3,5H2,1H3. The number of rotatable bonds is 4. The molecule has 0 unspecified atom stereocenters. The Hall–Kier alpha value is -1.33. The summed E-state index contributed by atoms with van der Waals surface area (Å²) in [7, 11) is 1.24. The van der Waals surface area contributed by atoms with Gasteiger partial charge in [0.05, 0.1) is 24.3 Å². The molecule has 0 aromatic heterocycles. The lowest BCUT2D eigenvalue weighted by Gasteiger charge is -2.07. The molecule has 17 heavy (non-hydrogen) atoms. The van der Waals surface area contributed by atoms with Gasteiger partial charge in [-0.3, -0.25) is 14.9 Å². The van der Waals surface area contributed by atoms with Gasteiger partial charge in [0.2, 0.25) is 0 Å². The van der Waals surface area contributed by atoms with Crippen molar-refractivity contribution >= 4 is 34.9 Å². The molecule has 0 spiro atoms. The Kier molecular flexibility index (Phi) is 4.72. The van der Waals surface area contributed by atoms with E-state index in [9.17, 15) is 14.9 Å². The van der Waals surface area contributed by atoms with Crippen LogP contribution in [0.5, 0.6) is 0 Å². The van der Waals surface area contributed by atoms with E-state index in [0.717, 1.165) is 0 Å². The maximum absolute atomic E-state index is 11.2. The summed E-state index contributed by atoms with van der Waals surface area (Å²) in [5.74, 6) is -0.576. The number of benzene rings is 1. The number of nitro benzene ring substituents is 1. The first-order valence-electron chi connectivity index (χ1n) is 4.58. The minimum absolute atomic E-state index is 0.0696. The predicted molar refractivity (Wildman–Crippen MR) is 63.4 cm³/mol. The van der Waals surface area contributed by atoms with Crippen molar-refractivity contribution < 1.29 is 14.5 Å². The van der Waals surface area contributed by atoms with Gasteiger partial charge in [0.15, 0.2) is 0 Å². The predicted octanol–water partition coefficient (Wildman–Crippen LogP) is 2.70. The van der Waals surface area contributed by atoms with Crippen LogP contribution in [0.25, 0.3) is 0 Å². The van der Waals surface area contributed by atoms with Gasteiger partial charge < -0.3 is 4.74 Å². The van der Waals surface area contributed by atoms with Gasteiger partial charge in [-0.1, -0.05) is 11.6 Å². The van der Waals surface area contributed by atoms with E-state index >= 15 is 0 Å². The second-order valence-corrected chi connectivity index (χ2v) is 3.91. The summed E-state index contributed by atoms with van der Waals surface area (Å²) >= 11 is 11.4. The minimum atomic E-state index is -0.579. The summed E-state index contributed by atoms with van der Waals surface area (Å²) in [4.78, 5) is 21.4. The number of hydrogen-bond donors (Lipinski definition) is 0. The van der Waals surface area contributed by atoms with Crippen LogP contribution in [0.15, 0.2) is 12.1 Å². The van der Waals surface area contributed by atoms with Gasteiger partial charge in [-0.15, -0.1) is 11.6 Å². The van der Waals surface area contributed by atoms with Crippen molar-refractivity contribution in [3.8, 4) is 0 Å². The summed E-state index contributed by atoms with van der Waals surface area (Å²) in [6, 6.07) is 2.68. The van der Waals surface area contributed by atoms with Crippen molar-refractivity contribution in [3.05, 3.63) is 38.4 Å². The van der Waals surface area contributed by atoms with Crippen molar-refractivity contribution in [3.63, 3.8) is 0 Å². The highest BCUT2D eigenvalue weighted by Crippen LogP contribution is 2.29. The summed E-state index contributed by atoms with van der Waals surface area (Å²) in [5, 5.41) is 11.0. The Morgan fingerprint density at radius 1 is 1.53 bits per heavy atom. The number of hydrogen-bond acceptors (Lipinski definition) is 4. The molecule has 0 N–H and O–H groups in total. The van der Waals surface area contributed by atoms with Gasteiger partial charge in [0.1, 0.15) is 0 Å². The van der Waals surface area contributed by atoms with Crippen LogP contribution in [0.3, 0.4) is 0 Å². The van der Waals surface area contributed by atoms with E-state index in [1.165, 1.54) is 19.2 Å². The number of alkyl halides is 1. The highest BCUT2D eigenvalue weighted by Gasteiger charge is 2.20. The average Bonchev–Trinajstić information content (AvgIpc) is 2.28. The topological polar surface area (TPSA) is 69.4 Å². The minimum Gasteiger partial charge on any atom is -0.469 e. The zero-order valence-electron chi connectivity index (χ0n) is 8.91. The fourth-order valence-electron chi connectivity index (χ4n) is 1.38. The number of carbonyl (C=O) groups is 1. The van der Waals surface area contributed by atoms with Crippen LogP contribution in [0.1, 0.15) is 11.1 Å². The van der Waals surface area contributed by atoms with E-state index in [0.29, 0.717) is 5.56 Å². The fourth-order valence-corrected chi connectivity index (χ4v) is 1.92. The first-order chi connectivity index (χ1) is 7.99. The Balaban J connectivity index is 3.27. The van der Waals surface area contributed by atoms with Gasteiger partial charge in [-0.05, 0) is 11.6 Å². The van der Waals surface area contributed by atoms with E-state index in [4.69, 9.17) is 23.2 Å². The zero-order chi connectivity index (χ0) is 13.0. The monoisotopic (exact) mass is 277 g/mol. The average molecular weight is 278 g/mol. The third-order valence-electron chi connectivity index (χ3n) is 2.18. The molecule has 1 aromatic rings. The van der Waals surface area contributed by atoms with E-state index in [-0.39, 0.29) is 28.6 Å². The summed E-state index contributed by atoms with van der Waals surface area (Å²) in [6.07, 6.45) is -0.0973. The largest absolute Gasteiger partial charge is 0.469 e. The molecule has 0 atom stereocenters. The highest BCUT2D eigenvalue weighted by atomic mass is 35.5. The lowest BCUT2D eigenvalue weighted by Crippen LogP contribution is -2.08. The molecule has 0 saturated carbocycles. The Morgan fingerprint density at radius 2 is 2.18 bits per heavy atom. The van der Waals surface area contributed by atoms with Crippen molar-refractivity contribution in [2.75, 3.05) is 7.11 Å². The van der Waals surface area contributed by atoms with Crippen molar-refractivity contribution in [2.24, 2.45) is 0 Å². The maximum atomic E-state index is 11.2. The van der Waals surface area contributed by atoms with Gasteiger partial charge in [-0.25, -0.2) is 0 Å². The van der Waals surface area contributed by atoms with Crippen LogP contribution in [-0.2, 0) is 21.8 Å². The summed E-state index contributed by atoms with van der Waals surface area (Å²) < 4.78 is 4.50. The van der Waals surface area contributed by atoms with Crippen LogP contribution < -0.4 is 0 Å². The molecule has 0 saturated heterocycles. The molecule has 0 aliphatic carbocycles. The van der Waals surface area contributed by atoms with E-state index in [1.54, 1.807) is 0 Å². The number of ether oxygens (including phenoxy) is 1. The smallest absolute Gasteiger partial charge is 0.309 e. The highest BCUT2D eigenvalue weighted by molar-refractivity contribution is 6.31. The molecular weight excluding hydrogens is 269 g/mol. The number of methoxy groups -OCH3 is 1. The SMILES string of the molecule is COC(=O)Cc1cc(Cl)cc([N+](=O)[O-])c1CCl. The molecule has 0 aliphatic rings. The lowest BCUT2D eigenvalue weighted by atomic mass is 10.0. The maximum Gasteiger partial charge on any atom is 0.309 e. The third kappa shape index (κ3) is 3.31. The first kappa shape index (κ1) is 13.7. The molecule has 1 aromatic carbocycles. The van der Waals surface area contributed by atoms with E-state index in [1.807, 2.05) is 0 Å². The van der Waals surface area contributed by atoms with Crippen LogP contribution in [-0.4, -0.2) is 18.0 Å². The molecule has 0 aliphatic heterocycles. The zero-order valence-corrected chi connectivity index (χ0v) is 10.4. The van der Waals surface area contributed by atoms with Crippen molar-refractivity contribution in [2.45, 2.75) is 12.3 Å². The first-order valence-corrected chi connectivity index (χ1v) is 5.49. The van der Waals surface area contributed by atoms with Gasteiger partial charge in [0, 0.05) is 16.7 Å². The number of carbonyl (C=O) groups excluding carboxylic acids is 1. The Bertz CT molecular complexity index is 462. The molecule has 0 bridgehead atoms. The quantitative estimate of drug-likeness (QED) is 0.367. The van der Waals surface area contributed by atoms with Crippen molar-refractivity contribution in [1.29, 1.82) is 0 Å². The molecular formula is C10H9Cl2NO4. The molecule has 0 heterocycles. The van der Waals surface area contributed by atoms with E-state index in [2.05, 4.69) is 4.74 Å². The number of nitrogens with zero attached hydrogens (tertiary/aromatic N) is 1.